The number of para-hydroxylation sites is 1. The number of amides is 1. The van der Waals surface area contributed by atoms with Gasteiger partial charge >= 0.3 is 0 Å². The highest BCUT2D eigenvalue weighted by molar-refractivity contribution is 5.97. The average Bonchev–Trinajstić information content (AvgIpc) is 2.39. The van der Waals surface area contributed by atoms with E-state index in [1.807, 2.05) is 26.0 Å². The molecule has 0 heterocycles. The summed E-state index contributed by atoms with van der Waals surface area (Å²) in [4.78, 5) is 13.9. The second kappa shape index (κ2) is 7.33. The van der Waals surface area contributed by atoms with E-state index in [1.54, 1.807) is 18.2 Å². The van der Waals surface area contributed by atoms with Gasteiger partial charge < -0.3 is 9.64 Å². The van der Waals surface area contributed by atoms with Crippen molar-refractivity contribution in [2.24, 2.45) is 0 Å². The summed E-state index contributed by atoms with van der Waals surface area (Å²) >= 11 is 0. The monoisotopic (exact) mass is 246 g/mol. The second-order valence-corrected chi connectivity index (χ2v) is 3.81. The van der Waals surface area contributed by atoms with Crippen LogP contribution in [0.1, 0.15) is 30.6 Å². The number of hydrogen-bond acceptors (Lipinski definition) is 3. The van der Waals surface area contributed by atoms with Crippen molar-refractivity contribution < 1.29 is 9.53 Å². The van der Waals surface area contributed by atoms with Gasteiger partial charge in [0.05, 0.1) is 18.2 Å². The van der Waals surface area contributed by atoms with Crippen molar-refractivity contribution in [2.75, 3.05) is 19.7 Å². The molecule has 4 heteroatoms. The molecule has 1 aromatic rings. The zero-order chi connectivity index (χ0) is 13.4. The van der Waals surface area contributed by atoms with Crippen LogP contribution < -0.4 is 4.74 Å². The topological polar surface area (TPSA) is 53.3 Å². The van der Waals surface area contributed by atoms with Gasteiger partial charge in [-0.05, 0) is 25.5 Å². The minimum absolute atomic E-state index is 0.104. The first-order valence-corrected chi connectivity index (χ1v) is 6.12. The van der Waals surface area contributed by atoms with Gasteiger partial charge in [-0.25, -0.2) is 0 Å². The molecule has 0 atom stereocenters. The molecule has 0 saturated heterocycles. The molecule has 0 aromatic heterocycles. The summed E-state index contributed by atoms with van der Waals surface area (Å²) in [5.74, 6) is 0.423. The van der Waals surface area contributed by atoms with Crippen molar-refractivity contribution in [1.82, 2.24) is 4.90 Å². The van der Waals surface area contributed by atoms with Crippen LogP contribution in [0.5, 0.6) is 5.75 Å². The summed E-state index contributed by atoms with van der Waals surface area (Å²) in [6.45, 7) is 5.04. The van der Waals surface area contributed by atoms with Crippen molar-refractivity contribution in [3.63, 3.8) is 0 Å². The molecule has 18 heavy (non-hydrogen) atoms. The fourth-order valence-electron chi connectivity index (χ4n) is 1.70. The van der Waals surface area contributed by atoms with Gasteiger partial charge in [0.15, 0.2) is 0 Å². The van der Waals surface area contributed by atoms with E-state index < -0.39 is 0 Å². The average molecular weight is 246 g/mol. The lowest BCUT2D eigenvalue weighted by Crippen LogP contribution is -2.32. The number of hydrogen-bond donors (Lipinski definition) is 0. The Kier molecular flexibility index (Phi) is 5.72. The van der Waals surface area contributed by atoms with E-state index >= 15 is 0 Å². The first-order chi connectivity index (χ1) is 8.74. The predicted molar refractivity (Wildman–Crippen MR) is 69.4 cm³/mol. The molecule has 0 radical (unpaired) electrons. The molecule has 0 unspecified atom stereocenters. The lowest BCUT2D eigenvalue weighted by molar-refractivity contribution is 0.0772. The third kappa shape index (κ3) is 3.49. The molecule has 0 aliphatic heterocycles. The third-order valence-electron chi connectivity index (χ3n) is 2.46. The molecule has 0 saturated carbocycles. The van der Waals surface area contributed by atoms with Gasteiger partial charge in [0.1, 0.15) is 12.3 Å². The van der Waals surface area contributed by atoms with Crippen molar-refractivity contribution in [3.05, 3.63) is 29.8 Å². The quantitative estimate of drug-likeness (QED) is 0.724. The standard InChI is InChI=1S/C14H18N2O2/c1-3-10-16(11-9-15)14(17)12-7-5-6-8-13(12)18-4-2/h5-8H,3-4,10-11H2,1-2H3. The van der Waals surface area contributed by atoms with E-state index in [1.165, 1.54) is 4.90 Å². The molecule has 0 aliphatic carbocycles. The molecule has 0 fully saturated rings. The van der Waals surface area contributed by atoms with Crippen LogP contribution in [0.15, 0.2) is 24.3 Å². The summed E-state index contributed by atoms with van der Waals surface area (Å²) < 4.78 is 5.43. The van der Waals surface area contributed by atoms with Crippen LogP contribution in [0, 0.1) is 11.3 Å². The highest BCUT2D eigenvalue weighted by Crippen LogP contribution is 2.19. The van der Waals surface area contributed by atoms with Crippen LogP contribution in [0.3, 0.4) is 0 Å². The first kappa shape index (κ1) is 14.0. The predicted octanol–water partition coefficient (Wildman–Crippen LogP) is 2.46. The molecule has 0 spiro atoms. The van der Waals surface area contributed by atoms with Gasteiger partial charge in [-0.1, -0.05) is 19.1 Å². The van der Waals surface area contributed by atoms with Crippen LogP contribution in [0.4, 0.5) is 0 Å². The Hall–Kier alpha value is -2.02. The minimum Gasteiger partial charge on any atom is -0.493 e. The molecular weight excluding hydrogens is 228 g/mol. The van der Waals surface area contributed by atoms with E-state index in [-0.39, 0.29) is 12.5 Å². The molecule has 96 valence electrons. The minimum atomic E-state index is -0.151. The number of ether oxygens (including phenoxy) is 1. The summed E-state index contributed by atoms with van der Waals surface area (Å²) in [5, 5.41) is 8.76. The maximum Gasteiger partial charge on any atom is 0.258 e. The molecule has 4 nitrogen and oxygen atoms in total. The summed E-state index contributed by atoms with van der Waals surface area (Å²) in [6.07, 6.45) is 0.824. The number of nitriles is 1. The van der Waals surface area contributed by atoms with E-state index in [9.17, 15) is 4.79 Å². The molecular formula is C14H18N2O2. The third-order valence-corrected chi connectivity index (χ3v) is 2.46. The molecule has 0 N–H and O–H groups in total. The van der Waals surface area contributed by atoms with Crippen molar-refractivity contribution >= 4 is 5.91 Å². The normalized spacial score (nSPS) is 9.61. The fourth-order valence-corrected chi connectivity index (χ4v) is 1.70. The van der Waals surface area contributed by atoms with Crippen molar-refractivity contribution in [3.8, 4) is 11.8 Å². The Morgan fingerprint density at radius 1 is 1.39 bits per heavy atom. The van der Waals surface area contributed by atoms with Crippen molar-refractivity contribution in [1.29, 1.82) is 5.26 Å². The van der Waals surface area contributed by atoms with Gasteiger partial charge in [0, 0.05) is 6.54 Å². The fraction of sp³-hybridized carbons (Fsp3) is 0.429. The summed E-state index contributed by atoms with van der Waals surface area (Å²) in [5.41, 5.74) is 0.517. The number of benzene rings is 1. The van der Waals surface area contributed by atoms with Crippen molar-refractivity contribution in [2.45, 2.75) is 20.3 Å². The lowest BCUT2D eigenvalue weighted by Gasteiger charge is -2.20. The van der Waals surface area contributed by atoms with Crippen LogP contribution >= 0.6 is 0 Å². The van der Waals surface area contributed by atoms with Gasteiger partial charge in [-0.2, -0.15) is 5.26 Å². The lowest BCUT2D eigenvalue weighted by atomic mass is 10.1. The summed E-state index contributed by atoms with van der Waals surface area (Å²) in [7, 11) is 0. The van der Waals surface area contributed by atoms with E-state index in [4.69, 9.17) is 10.00 Å². The number of carbonyl (C=O) groups is 1. The van der Waals surface area contributed by atoms with Gasteiger partial charge in [0.25, 0.3) is 5.91 Å². The van der Waals surface area contributed by atoms with Gasteiger partial charge in [0.2, 0.25) is 0 Å². The van der Waals surface area contributed by atoms with Gasteiger partial charge in [-0.3, -0.25) is 4.79 Å². The maximum absolute atomic E-state index is 12.3. The highest BCUT2D eigenvalue weighted by Gasteiger charge is 2.18. The molecule has 1 rings (SSSR count). The van der Waals surface area contributed by atoms with E-state index in [0.29, 0.717) is 24.5 Å². The number of rotatable bonds is 6. The highest BCUT2D eigenvalue weighted by atomic mass is 16.5. The van der Waals surface area contributed by atoms with Crippen LogP contribution in [-0.4, -0.2) is 30.5 Å². The SMILES string of the molecule is CCCN(CC#N)C(=O)c1ccccc1OCC. The Labute approximate surface area is 108 Å². The molecule has 0 aliphatic rings. The van der Waals surface area contributed by atoms with Gasteiger partial charge in [-0.15, -0.1) is 0 Å². The van der Waals surface area contributed by atoms with Crippen LogP contribution in [-0.2, 0) is 0 Å². The Morgan fingerprint density at radius 2 is 2.11 bits per heavy atom. The second-order valence-electron chi connectivity index (χ2n) is 3.81. The van der Waals surface area contributed by atoms with E-state index in [0.717, 1.165) is 6.42 Å². The summed E-state index contributed by atoms with van der Waals surface area (Å²) in [6, 6.07) is 9.15. The largest absolute Gasteiger partial charge is 0.493 e. The number of carbonyl (C=O) groups excluding carboxylic acids is 1. The Bertz CT molecular complexity index is 438. The molecule has 0 bridgehead atoms. The van der Waals surface area contributed by atoms with Crippen LogP contribution in [0.25, 0.3) is 0 Å². The van der Waals surface area contributed by atoms with Crippen LogP contribution in [0.2, 0.25) is 0 Å². The zero-order valence-electron chi connectivity index (χ0n) is 10.8. The molecule has 1 amide bonds. The molecule has 1 aromatic carbocycles. The maximum atomic E-state index is 12.3. The smallest absolute Gasteiger partial charge is 0.258 e. The Morgan fingerprint density at radius 3 is 2.72 bits per heavy atom. The number of nitrogens with zero attached hydrogens (tertiary/aromatic N) is 2. The van der Waals surface area contributed by atoms with E-state index in [2.05, 4.69) is 0 Å². The first-order valence-electron chi connectivity index (χ1n) is 6.12. The Balaban J connectivity index is 2.97. The zero-order valence-corrected chi connectivity index (χ0v) is 10.8.